The summed E-state index contributed by atoms with van der Waals surface area (Å²) in [6.07, 6.45) is 1.86. The van der Waals surface area contributed by atoms with Crippen LogP contribution in [0.15, 0.2) is 36.4 Å². The summed E-state index contributed by atoms with van der Waals surface area (Å²) in [5, 5.41) is 2.88. The van der Waals surface area contributed by atoms with Crippen molar-refractivity contribution in [1.82, 2.24) is 14.9 Å². The second-order valence-electron chi connectivity index (χ2n) is 5.93. The minimum atomic E-state index is -0.0930. The normalized spacial score (nSPS) is 12.3. The van der Waals surface area contributed by atoms with Gasteiger partial charge in [0.25, 0.3) is 0 Å². The molecule has 1 atom stereocenters. The number of imidazole rings is 1. The number of amides is 1. The van der Waals surface area contributed by atoms with Gasteiger partial charge in [-0.05, 0) is 25.0 Å². The number of rotatable bonds is 7. The maximum absolute atomic E-state index is 11.6. The Bertz CT molecular complexity index is 672. The Morgan fingerprint density at radius 3 is 2.82 bits per heavy atom. The molecule has 0 spiro atoms. The summed E-state index contributed by atoms with van der Waals surface area (Å²) >= 11 is 0. The molecule has 0 saturated heterocycles. The molecule has 1 N–H and O–H groups in total. The van der Waals surface area contributed by atoms with Gasteiger partial charge in [0, 0.05) is 25.1 Å². The molecule has 0 radical (unpaired) electrons. The van der Waals surface area contributed by atoms with E-state index in [1.807, 2.05) is 18.2 Å². The van der Waals surface area contributed by atoms with E-state index in [1.165, 1.54) is 5.52 Å². The third-order valence-electron chi connectivity index (χ3n) is 3.95. The lowest BCUT2D eigenvalue weighted by Crippen LogP contribution is -2.27. The fraction of sp³-hybridized carbons (Fsp3) is 0.444. The lowest BCUT2D eigenvalue weighted by atomic mass is 10.1. The molecule has 1 unspecified atom stereocenters. The molecule has 1 aromatic heterocycles. The van der Waals surface area contributed by atoms with E-state index in [9.17, 15) is 4.79 Å². The number of fused-ring (bicyclic) bond motifs is 1. The van der Waals surface area contributed by atoms with Crippen LogP contribution in [0.3, 0.4) is 0 Å². The van der Waals surface area contributed by atoms with Gasteiger partial charge in [-0.15, -0.1) is 0 Å². The summed E-state index contributed by atoms with van der Waals surface area (Å²) in [6, 6.07) is 8.21. The van der Waals surface area contributed by atoms with Crippen molar-refractivity contribution in [2.24, 2.45) is 5.92 Å². The van der Waals surface area contributed by atoms with Crippen molar-refractivity contribution in [3.63, 3.8) is 0 Å². The first kappa shape index (κ1) is 16.3. The predicted molar refractivity (Wildman–Crippen MR) is 90.7 cm³/mol. The first-order valence-corrected chi connectivity index (χ1v) is 7.90. The zero-order valence-corrected chi connectivity index (χ0v) is 13.7. The van der Waals surface area contributed by atoms with Gasteiger partial charge in [-0.3, -0.25) is 4.79 Å². The molecule has 1 aromatic carbocycles. The van der Waals surface area contributed by atoms with Crippen molar-refractivity contribution < 1.29 is 4.79 Å². The minimum absolute atomic E-state index is 0.0930. The fourth-order valence-corrected chi connectivity index (χ4v) is 2.40. The van der Waals surface area contributed by atoms with Crippen LogP contribution in [0.1, 0.15) is 33.0 Å². The molecule has 118 valence electrons. The van der Waals surface area contributed by atoms with Gasteiger partial charge in [0.1, 0.15) is 5.82 Å². The second kappa shape index (κ2) is 7.25. The summed E-state index contributed by atoms with van der Waals surface area (Å²) in [5.41, 5.74) is 2.73. The number of hydrogen-bond donors (Lipinski definition) is 1. The molecule has 1 amide bonds. The zero-order valence-electron chi connectivity index (χ0n) is 13.7. The van der Waals surface area contributed by atoms with Gasteiger partial charge >= 0.3 is 0 Å². The summed E-state index contributed by atoms with van der Waals surface area (Å²) in [6.45, 7) is 11.4. The number of hydrogen-bond acceptors (Lipinski definition) is 2. The monoisotopic (exact) mass is 299 g/mol. The van der Waals surface area contributed by atoms with Crippen LogP contribution in [-0.4, -0.2) is 22.0 Å². The van der Waals surface area contributed by atoms with Gasteiger partial charge in [-0.2, -0.15) is 0 Å². The largest absolute Gasteiger partial charge is 0.352 e. The molecule has 22 heavy (non-hydrogen) atoms. The number of carbonyl (C=O) groups is 1. The third-order valence-corrected chi connectivity index (χ3v) is 3.95. The Hall–Kier alpha value is -2.10. The van der Waals surface area contributed by atoms with Gasteiger partial charge in [-0.1, -0.05) is 39.0 Å². The first-order valence-electron chi connectivity index (χ1n) is 7.90. The molecule has 4 nitrogen and oxygen atoms in total. The minimum Gasteiger partial charge on any atom is -0.352 e. The SMILES string of the molecule is C=C(C)C(=O)NCCc1nc2ccccc2n1CC(C)CC. The Morgan fingerprint density at radius 1 is 1.41 bits per heavy atom. The Labute approximate surface area is 132 Å². The van der Waals surface area contributed by atoms with Crippen molar-refractivity contribution in [2.45, 2.75) is 40.2 Å². The number of aromatic nitrogens is 2. The molecule has 0 aliphatic rings. The van der Waals surface area contributed by atoms with Gasteiger partial charge < -0.3 is 9.88 Å². The highest BCUT2D eigenvalue weighted by Crippen LogP contribution is 2.19. The number of carbonyl (C=O) groups excluding carboxylic acids is 1. The highest BCUT2D eigenvalue weighted by atomic mass is 16.1. The third kappa shape index (κ3) is 3.75. The molecule has 0 bridgehead atoms. The van der Waals surface area contributed by atoms with Crippen LogP contribution in [0.5, 0.6) is 0 Å². The molecule has 0 aliphatic carbocycles. The van der Waals surface area contributed by atoms with E-state index in [-0.39, 0.29) is 5.91 Å². The zero-order chi connectivity index (χ0) is 16.1. The molecule has 0 aliphatic heterocycles. The molecule has 4 heteroatoms. The van der Waals surface area contributed by atoms with E-state index < -0.39 is 0 Å². The van der Waals surface area contributed by atoms with Crippen LogP contribution in [0.25, 0.3) is 11.0 Å². The Kier molecular flexibility index (Phi) is 5.36. The van der Waals surface area contributed by atoms with Crippen molar-refractivity contribution in [3.8, 4) is 0 Å². The van der Waals surface area contributed by atoms with Gasteiger partial charge in [-0.25, -0.2) is 4.98 Å². The number of benzene rings is 1. The van der Waals surface area contributed by atoms with Gasteiger partial charge in [0.15, 0.2) is 0 Å². The van der Waals surface area contributed by atoms with E-state index in [4.69, 9.17) is 4.98 Å². The van der Waals surface area contributed by atoms with Crippen molar-refractivity contribution in [2.75, 3.05) is 6.54 Å². The maximum atomic E-state index is 11.6. The van der Waals surface area contributed by atoms with Gasteiger partial charge in [0.2, 0.25) is 5.91 Å². The predicted octanol–water partition coefficient (Wildman–Crippen LogP) is 3.32. The van der Waals surface area contributed by atoms with E-state index in [0.717, 1.165) is 30.7 Å². The summed E-state index contributed by atoms with van der Waals surface area (Å²) in [7, 11) is 0. The van der Waals surface area contributed by atoms with Crippen molar-refractivity contribution in [3.05, 3.63) is 42.2 Å². The second-order valence-corrected chi connectivity index (χ2v) is 5.93. The molecule has 1 heterocycles. The van der Waals surface area contributed by atoms with Crippen LogP contribution >= 0.6 is 0 Å². The number of nitrogens with one attached hydrogen (secondary N) is 1. The van der Waals surface area contributed by atoms with Crippen molar-refractivity contribution in [1.29, 1.82) is 0 Å². The lowest BCUT2D eigenvalue weighted by Gasteiger charge is -2.14. The van der Waals surface area contributed by atoms with Crippen LogP contribution in [0.2, 0.25) is 0 Å². The molecule has 2 aromatic rings. The van der Waals surface area contributed by atoms with E-state index in [2.05, 4.69) is 36.4 Å². The fourth-order valence-electron chi connectivity index (χ4n) is 2.40. The molecule has 0 fully saturated rings. The highest BCUT2D eigenvalue weighted by Gasteiger charge is 2.12. The smallest absolute Gasteiger partial charge is 0.246 e. The first-order chi connectivity index (χ1) is 10.5. The van der Waals surface area contributed by atoms with Crippen LogP contribution in [-0.2, 0) is 17.8 Å². The average molecular weight is 299 g/mol. The Morgan fingerprint density at radius 2 is 2.14 bits per heavy atom. The van der Waals surface area contributed by atoms with Crippen molar-refractivity contribution >= 4 is 16.9 Å². The summed E-state index contributed by atoms with van der Waals surface area (Å²) in [5.74, 6) is 1.54. The van der Waals surface area contributed by atoms with E-state index >= 15 is 0 Å². The maximum Gasteiger partial charge on any atom is 0.246 e. The summed E-state index contributed by atoms with van der Waals surface area (Å²) in [4.78, 5) is 16.3. The molecular weight excluding hydrogens is 274 g/mol. The highest BCUT2D eigenvalue weighted by molar-refractivity contribution is 5.92. The van der Waals surface area contributed by atoms with Gasteiger partial charge in [0.05, 0.1) is 11.0 Å². The molecular formula is C18H25N3O. The van der Waals surface area contributed by atoms with Crippen LogP contribution in [0.4, 0.5) is 0 Å². The summed E-state index contributed by atoms with van der Waals surface area (Å²) < 4.78 is 2.29. The quantitative estimate of drug-likeness (QED) is 0.797. The molecule has 0 saturated carbocycles. The Balaban J connectivity index is 2.18. The average Bonchev–Trinajstić information content (AvgIpc) is 2.85. The van der Waals surface area contributed by atoms with E-state index in [0.29, 0.717) is 18.0 Å². The molecule has 2 rings (SSSR count). The van der Waals surface area contributed by atoms with Crippen LogP contribution < -0.4 is 5.32 Å². The lowest BCUT2D eigenvalue weighted by molar-refractivity contribution is -0.117. The number of nitrogens with zero attached hydrogens (tertiary/aromatic N) is 2. The van der Waals surface area contributed by atoms with Crippen LogP contribution in [0, 0.1) is 5.92 Å². The number of para-hydroxylation sites is 2. The topological polar surface area (TPSA) is 46.9 Å². The van der Waals surface area contributed by atoms with E-state index in [1.54, 1.807) is 6.92 Å². The standard InChI is InChI=1S/C18H25N3O/c1-5-14(4)12-21-16-9-7-6-8-15(16)20-17(21)10-11-19-18(22)13(2)3/h6-9,14H,2,5,10-12H2,1,3-4H3,(H,19,22).